The summed E-state index contributed by atoms with van der Waals surface area (Å²) in [6.07, 6.45) is 4.16. The molecule has 0 aromatic carbocycles. The molecule has 2 unspecified atom stereocenters. The molecule has 1 aromatic rings. The molecule has 19 heavy (non-hydrogen) atoms. The van der Waals surface area contributed by atoms with E-state index in [1.54, 1.807) is 6.07 Å². The molecule has 4 nitrogen and oxygen atoms in total. The van der Waals surface area contributed by atoms with Crippen molar-refractivity contribution < 1.29 is 9.21 Å². The Morgan fingerprint density at radius 1 is 1.42 bits per heavy atom. The molecule has 4 heteroatoms. The van der Waals surface area contributed by atoms with Crippen LogP contribution in [-0.2, 0) is 6.42 Å². The second kappa shape index (κ2) is 6.24. The van der Waals surface area contributed by atoms with Crippen LogP contribution in [0.3, 0.4) is 0 Å². The second-order valence-corrected chi connectivity index (χ2v) is 5.20. The minimum Gasteiger partial charge on any atom is -0.456 e. The van der Waals surface area contributed by atoms with Gasteiger partial charge in [-0.1, -0.05) is 13.3 Å². The van der Waals surface area contributed by atoms with Crippen molar-refractivity contribution in [1.29, 1.82) is 0 Å². The molecule has 0 bridgehead atoms. The summed E-state index contributed by atoms with van der Waals surface area (Å²) in [5.41, 5.74) is 5.82. The molecule has 0 aliphatic heterocycles. The van der Waals surface area contributed by atoms with E-state index in [4.69, 9.17) is 10.2 Å². The lowest BCUT2D eigenvalue weighted by Gasteiger charge is -2.31. The van der Waals surface area contributed by atoms with E-state index in [1.165, 1.54) is 0 Å². The molecule has 0 spiro atoms. The SMILES string of the molecule is CCc1ccc(C(=O)N(CC)C2CCCC2CN)o1. The third-order valence-corrected chi connectivity index (χ3v) is 4.14. The van der Waals surface area contributed by atoms with Crippen LogP contribution in [0.4, 0.5) is 0 Å². The lowest BCUT2D eigenvalue weighted by atomic mass is 10.0. The van der Waals surface area contributed by atoms with Crippen molar-refractivity contribution in [1.82, 2.24) is 4.90 Å². The molecule has 1 amide bonds. The van der Waals surface area contributed by atoms with Crippen LogP contribution in [0, 0.1) is 5.92 Å². The molecule has 1 aliphatic rings. The molecule has 2 N–H and O–H groups in total. The maximum Gasteiger partial charge on any atom is 0.289 e. The topological polar surface area (TPSA) is 59.5 Å². The molecular formula is C15H24N2O2. The van der Waals surface area contributed by atoms with Crippen molar-refractivity contribution in [2.45, 2.75) is 45.6 Å². The summed E-state index contributed by atoms with van der Waals surface area (Å²) in [6, 6.07) is 3.95. The van der Waals surface area contributed by atoms with Crippen LogP contribution in [0.5, 0.6) is 0 Å². The molecule has 1 heterocycles. The van der Waals surface area contributed by atoms with E-state index < -0.39 is 0 Å². The Hall–Kier alpha value is -1.29. The van der Waals surface area contributed by atoms with Gasteiger partial charge in [-0.05, 0) is 44.4 Å². The summed E-state index contributed by atoms with van der Waals surface area (Å²) in [6.45, 7) is 5.41. The first kappa shape index (κ1) is 14.1. The predicted octanol–water partition coefficient (Wildman–Crippen LogP) is 2.43. The van der Waals surface area contributed by atoms with E-state index in [9.17, 15) is 4.79 Å². The van der Waals surface area contributed by atoms with Crippen LogP contribution in [-0.4, -0.2) is 29.9 Å². The highest BCUT2D eigenvalue weighted by Gasteiger charge is 2.34. The van der Waals surface area contributed by atoms with E-state index in [0.29, 0.717) is 24.8 Å². The monoisotopic (exact) mass is 264 g/mol. The molecule has 106 valence electrons. The number of furan rings is 1. The third kappa shape index (κ3) is 2.84. The second-order valence-electron chi connectivity index (χ2n) is 5.20. The van der Waals surface area contributed by atoms with Crippen molar-refractivity contribution in [3.63, 3.8) is 0 Å². The first-order valence-electron chi connectivity index (χ1n) is 7.31. The molecule has 2 atom stereocenters. The van der Waals surface area contributed by atoms with Gasteiger partial charge in [-0.15, -0.1) is 0 Å². The predicted molar refractivity (Wildman–Crippen MR) is 75.0 cm³/mol. The zero-order chi connectivity index (χ0) is 13.8. The van der Waals surface area contributed by atoms with E-state index in [2.05, 4.69) is 0 Å². The molecule has 0 saturated heterocycles. The van der Waals surface area contributed by atoms with Crippen molar-refractivity contribution in [2.24, 2.45) is 11.7 Å². The van der Waals surface area contributed by atoms with Crippen LogP contribution in [0.2, 0.25) is 0 Å². The fraction of sp³-hybridized carbons (Fsp3) is 0.667. The molecule has 0 radical (unpaired) electrons. The van der Waals surface area contributed by atoms with Crippen molar-refractivity contribution >= 4 is 5.91 Å². The van der Waals surface area contributed by atoms with Crippen LogP contribution < -0.4 is 5.73 Å². The van der Waals surface area contributed by atoms with Crippen LogP contribution in [0.15, 0.2) is 16.5 Å². The van der Waals surface area contributed by atoms with Gasteiger partial charge in [0.25, 0.3) is 5.91 Å². The van der Waals surface area contributed by atoms with Crippen LogP contribution in [0.1, 0.15) is 49.4 Å². The largest absolute Gasteiger partial charge is 0.456 e. The Labute approximate surface area is 114 Å². The van der Waals surface area contributed by atoms with Crippen molar-refractivity contribution in [3.05, 3.63) is 23.7 Å². The van der Waals surface area contributed by atoms with Gasteiger partial charge in [0.2, 0.25) is 0 Å². The third-order valence-electron chi connectivity index (χ3n) is 4.14. The fourth-order valence-electron chi connectivity index (χ4n) is 3.06. The van der Waals surface area contributed by atoms with E-state index in [0.717, 1.165) is 31.4 Å². The summed E-state index contributed by atoms with van der Waals surface area (Å²) in [5, 5.41) is 0. The minimum absolute atomic E-state index is 0.00699. The highest BCUT2D eigenvalue weighted by atomic mass is 16.4. The minimum atomic E-state index is 0.00699. The lowest BCUT2D eigenvalue weighted by Crippen LogP contribution is -2.44. The Balaban J connectivity index is 2.14. The van der Waals surface area contributed by atoms with E-state index in [-0.39, 0.29) is 11.9 Å². The van der Waals surface area contributed by atoms with E-state index in [1.807, 2.05) is 24.8 Å². The highest BCUT2D eigenvalue weighted by Crippen LogP contribution is 2.30. The quantitative estimate of drug-likeness (QED) is 0.888. The van der Waals surface area contributed by atoms with Gasteiger partial charge in [0.1, 0.15) is 5.76 Å². The summed E-state index contributed by atoms with van der Waals surface area (Å²) in [7, 11) is 0. The summed E-state index contributed by atoms with van der Waals surface area (Å²) in [4.78, 5) is 14.5. The summed E-state index contributed by atoms with van der Waals surface area (Å²) in [5.74, 6) is 1.76. The number of hydrogen-bond acceptors (Lipinski definition) is 3. The van der Waals surface area contributed by atoms with Gasteiger partial charge >= 0.3 is 0 Å². The zero-order valence-corrected chi connectivity index (χ0v) is 11.9. The zero-order valence-electron chi connectivity index (χ0n) is 11.9. The summed E-state index contributed by atoms with van der Waals surface area (Å²) < 4.78 is 5.58. The Morgan fingerprint density at radius 3 is 2.79 bits per heavy atom. The van der Waals surface area contributed by atoms with Crippen molar-refractivity contribution in [3.8, 4) is 0 Å². The van der Waals surface area contributed by atoms with E-state index >= 15 is 0 Å². The average Bonchev–Trinajstić information content (AvgIpc) is 3.08. The lowest BCUT2D eigenvalue weighted by molar-refractivity contribution is 0.0617. The van der Waals surface area contributed by atoms with Crippen LogP contribution in [0.25, 0.3) is 0 Å². The number of carbonyl (C=O) groups is 1. The number of carbonyl (C=O) groups excluding carboxylic acids is 1. The molecule has 1 aromatic heterocycles. The van der Waals surface area contributed by atoms with Gasteiger partial charge in [-0.25, -0.2) is 0 Å². The van der Waals surface area contributed by atoms with Gasteiger partial charge < -0.3 is 15.1 Å². The maximum atomic E-state index is 12.5. The summed E-state index contributed by atoms with van der Waals surface area (Å²) >= 11 is 0. The molecule has 2 rings (SSSR count). The number of nitrogens with zero attached hydrogens (tertiary/aromatic N) is 1. The molecule has 1 aliphatic carbocycles. The Kier molecular flexibility index (Phi) is 4.64. The smallest absolute Gasteiger partial charge is 0.289 e. The molecule has 1 fully saturated rings. The molecule has 1 saturated carbocycles. The number of aryl methyl sites for hydroxylation is 1. The van der Waals surface area contributed by atoms with Crippen LogP contribution >= 0.6 is 0 Å². The maximum absolute atomic E-state index is 12.5. The van der Waals surface area contributed by atoms with Crippen molar-refractivity contribution in [2.75, 3.05) is 13.1 Å². The van der Waals surface area contributed by atoms with Gasteiger partial charge in [-0.3, -0.25) is 4.79 Å². The van der Waals surface area contributed by atoms with Gasteiger partial charge in [-0.2, -0.15) is 0 Å². The Bertz CT molecular complexity index is 428. The van der Waals surface area contributed by atoms with Gasteiger partial charge in [0.05, 0.1) is 0 Å². The number of rotatable bonds is 5. The van der Waals surface area contributed by atoms with Gasteiger partial charge in [0, 0.05) is 19.0 Å². The van der Waals surface area contributed by atoms with Gasteiger partial charge in [0.15, 0.2) is 5.76 Å². The highest BCUT2D eigenvalue weighted by molar-refractivity contribution is 5.91. The fourth-order valence-corrected chi connectivity index (χ4v) is 3.06. The number of hydrogen-bond donors (Lipinski definition) is 1. The first-order chi connectivity index (χ1) is 9.21. The normalized spacial score (nSPS) is 22.7. The standard InChI is InChI=1S/C15H24N2O2/c1-3-12-8-9-14(19-12)15(18)17(4-2)13-7-5-6-11(13)10-16/h8-9,11,13H,3-7,10,16H2,1-2H3. The number of nitrogens with two attached hydrogens (primary N) is 1. The Morgan fingerprint density at radius 2 is 2.21 bits per heavy atom. The average molecular weight is 264 g/mol. The number of amides is 1. The molecular weight excluding hydrogens is 240 g/mol. The first-order valence-corrected chi connectivity index (χ1v) is 7.31.